The number of anilines is 2. The lowest BCUT2D eigenvalue weighted by molar-refractivity contribution is -0.163. The Bertz CT molecular complexity index is 2480. The molecular weight excluding hydrogens is 885 g/mol. The summed E-state index contributed by atoms with van der Waals surface area (Å²) in [5, 5.41) is 58.3. The zero-order valence-electron chi connectivity index (χ0n) is 35.5. The van der Waals surface area contributed by atoms with Gasteiger partial charge < -0.3 is 56.2 Å². The first-order valence-corrected chi connectivity index (χ1v) is 22.9. The second-order valence-electron chi connectivity index (χ2n) is 17.4. The standard InChI is InChI=1S/C44H48N6O13S2/c1-17-31-29(19(3)51)40(56)49(31)33(43(60)61)35(17)64-25-13-27(45-15-25)37(53)46-23-9-5-7-21(11-23)39(55)48-16-26(14-28(48)38(54)47-24-10-6-8-22(12-24)42(58)59)65-36-18(2)32-30(20(4)52)41(57)50(32)34(36)44(62)63/h5-12,17-20,25-32,45,51-52H,13-16H2,1-4H3,(H,46,53)(H,47,54)(H,58,59)(H,60,61)(H,62,63). The molecule has 0 aliphatic carbocycles. The number of carbonyl (C=O) groups is 8. The molecule has 4 fully saturated rings. The minimum Gasteiger partial charge on any atom is -0.478 e. The average molecular weight is 933 g/mol. The van der Waals surface area contributed by atoms with Crippen molar-refractivity contribution in [1.82, 2.24) is 20.0 Å². The van der Waals surface area contributed by atoms with Crippen molar-refractivity contribution in [3.63, 3.8) is 0 Å². The molecule has 6 heterocycles. The number of rotatable bonds is 14. The largest absolute Gasteiger partial charge is 0.478 e. The maximum atomic E-state index is 14.4. The number of benzene rings is 2. The molecule has 19 nitrogen and oxygen atoms in total. The van der Waals surface area contributed by atoms with E-state index >= 15 is 0 Å². The average Bonchev–Trinajstić information content (AvgIpc) is 4.00. The highest BCUT2D eigenvalue weighted by molar-refractivity contribution is 8.04. The molecular formula is C44H48N6O13S2. The van der Waals surface area contributed by atoms with E-state index in [4.69, 9.17) is 0 Å². The Morgan fingerprint density at radius 2 is 1.18 bits per heavy atom. The van der Waals surface area contributed by atoms with Crippen molar-refractivity contribution in [3.8, 4) is 0 Å². The first-order chi connectivity index (χ1) is 30.8. The van der Waals surface area contributed by atoms with Crippen molar-refractivity contribution in [3.05, 3.63) is 80.9 Å². The van der Waals surface area contributed by atoms with Gasteiger partial charge in [0.05, 0.1) is 47.7 Å². The number of thioether (sulfide) groups is 2. The minimum absolute atomic E-state index is 0.0229. The number of aliphatic carboxylic acids is 2. The zero-order chi connectivity index (χ0) is 46.9. The van der Waals surface area contributed by atoms with Crippen LogP contribution in [0.4, 0.5) is 11.4 Å². The Labute approximate surface area is 380 Å². The molecule has 6 aliphatic heterocycles. The molecule has 344 valence electrons. The molecule has 0 saturated carbocycles. The van der Waals surface area contributed by atoms with Gasteiger partial charge in [-0.15, -0.1) is 23.5 Å². The van der Waals surface area contributed by atoms with Gasteiger partial charge in [-0.25, -0.2) is 14.4 Å². The number of carboxylic acid groups (broad SMARTS) is 3. The van der Waals surface area contributed by atoms with Crippen molar-refractivity contribution < 1.29 is 63.9 Å². The van der Waals surface area contributed by atoms with Crippen LogP contribution in [0.3, 0.4) is 0 Å². The lowest BCUT2D eigenvalue weighted by Crippen LogP contribution is -2.63. The number of aliphatic hydroxyl groups is 2. The van der Waals surface area contributed by atoms with Crippen LogP contribution in [-0.4, -0.2) is 148 Å². The van der Waals surface area contributed by atoms with Gasteiger partial charge in [-0.05, 0) is 63.1 Å². The number of hydrogen-bond donors (Lipinski definition) is 8. The molecule has 5 amide bonds. The van der Waals surface area contributed by atoms with Crippen LogP contribution in [-0.2, 0) is 28.8 Å². The lowest BCUT2D eigenvalue weighted by atomic mass is 9.79. The van der Waals surface area contributed by atoms with Crippen LogP contribution in [0, 0.1) is 23.7 Å². The highest BCUT2D eigenvalue weighted by Gasteiger charge is 2.62. The summed E-state index contributed by atoms with van der Waals surface area (Å²) in [4.78, 5) is 109. The van der Waals surface area contributed by atoms with Gasteiger partial charge in [0.15, 0.2) is 0 Å². The quantitative estimate of drug-likeness (QED) is 0.126. The summed E-state index contributed by atoms with van der Waals surface area (Å²) < 4.78 is 0. The zero-order valence-corrected chi connectivity index (χ0v) is 37.2. The van der Waals surface area contributed by atoms with Gasteiger partial charge in [-0.1, -0.05) is 26.0 Å². The fraction of sp³-hybridized carbons (Fsp3) is 0.455. The number of fused-ring (bicyclic) bond motifs is 2. The number of hydrogen-bond acceptors (Lipinski definition) is 13. The highest BCUT2D eigenvalue weighted by Crippen LogP contribution is 2.53. The summed E-state index contributed by atoms with van der Waals surface area (Å²) in [6.45, 7) is 6.93. The van der Waals surface area contributed by atoms with Crippen LogP contribution in [0.1, 0.15) is 61.3 Å². The molecule has 0 aromatic heterocycles. The summed E-state index contributed by atoms with van der Waals surface area (Å²) in [6.07, 6.45) is -1.56. The normalized spacial score (nSPS) is 30.1. The summed E-state index contributed by atoms with van der Waals surface area (Å²) in [5.74, 6) is -8.57. The lowest BCUT2D eigenvalue weighted by Gasteiger charge is -2.46. The van der Waals surface area contributed by atoms with Crippen molar-refractivity contribution in [2.75, 3.05) is 23.7 Å². The van der Waals surface area contributed by atoms with Gasteiger partial charge in [0.1, 0.15) is 17.4 Å². The predicted molar refractivity (Wildman–Crippen MR) is 235 cm³/mol. The summed E-state index contributed by atoms with van der Waals surface area (Å²) >= 11 is 2.46. The Balaban J connectivity index is 0.977. The van der Waals surface area contributed by atoms with E-state index in [9.17, 15) is 63.9 Å². The topological polar surface area (TPSA) is 284 Å². The predicted octanol–water partition coefficient (Wildman–Crippen LogP) is 2.05. The van der Waals surface area contributed by atoms with Gasteiger partial charge in [0, 0.05) is 62.2 Å². The second kappa shape index (κ2) is 17.6. The number of amides is 5. The van der Waals surface area contributed by atoms with Crippen LogP contribution in [0.5, 0.6) is 0 Å². The smallest absolute Gasteiger partial charge is 0.353 e. The Morgan fingerprint density at radius 1 is 0.692 bits per heavy atom. The number of β-lactam (4-membered cyclic amide) rings is 2. The van der Waals surface area contributed by atoms with E-state index in [1.807, 2.05) is 6.92 Å². The molecule has 8 rings (SSSR count). The van der Waals surface area contributed by atoms with Gasteiger partial charge >= 0.3 is 17.9 Å². The van der Waals surface area contributed by atoms with Gasteiger partial charge in [-0.2, -0.15) is 0 Å². The number of carboxylic acids is 3. The van der Waals surface area contributed by atoms with Crippen LogP contribution in [0.2, 0.25) is 0 Å². The maximum Gasteiger partial charge on any atom is 0.353 e. The van der Waals surface area contributed by atoms with Crippen LogP contribution in [0.25, 0.3) is 0 Å². The SMILES string of the molecule is CC(O)C1C(=O)N2C(C(=O)O)=C(SC3CNC(C(=O)Nc4cccc(C(=O)N5CC(SC6=C(C(=O)O)N7C(=O)C(C(C)O)C7C6C)CC5C(=O)Nc5cccc(C(=O)O)c5)c4)C3)C(C)C12. The van der Waals surface area contributed by atoms with Crippen molar-refractivity contribution in [2.45, 2.75) is 87.4 Å². The van der Waals surface area contributed by atoms with E-state index in [0.29, 0.717) is 22.8 Å². The minimum atomic E-state index is -1.32. The van der Waals surface area contributed by atoms with Crippen LogP contribution >= 0.6 is 23.5 Å². The third kappa shape index (κ3) is 8.06. The number of nitrogens with zero attached hydrogens (tertiary/aromatic N) is 3. The molecule has 6 aliphatic rings. The van der Waals surface area contributed by atoms with E-state index in [1.165, 1.54) is 76.7 Å². The van der Waals surface area contributed by atoms with Crippen molar-refractivity contribution >= 4 is 82.3 Å². The Hall–Kier alpha value is -5.74. The molecule has 0 spiro atoms. The van der Waals surface area contributed by atoms with Crippen molar-refractivity contribution in [2.24, 2.45) is 23.7 Å². The second-order valence-corrected chi connectivity index (χ2v) is 20.1. The van der Waals surface area contributed by atoms with E-state index in [1.54, 1.807) is 19.1 Å². The number of aliphatic hydroxyl groups excluding tert-OH is 2. The van der Waals surface area contributed by atoms with Crippen molar-refractivity contribution in [1.29, 1.82) is 0 Å². The van der Waals surface area contributed by atoms with Crippen LogP contribution < -0.4 is 16.0 Å². The summed E-state index contributed by atoms with van der Waals surface area (Å²) in [7, 11) is 0. The van der Waals surface area contributed by atoms with E-state index in [2.05, 4.69) is 16.0 Å². The van der Waals surface area contributed by atoms with E-state index in [-0.39, 0.29) is 58.0 Å². The molecule has 2 aromatic carbocycles. The van der Waals surface area contributed by atoms with Gasteiger partial charge in [0.2, 0.25) is 23.6 Å². The first kappa shape index (κ1) is 45.8. The number of nitrogens with one attached hydrogen (secondary N) is 3. The molecule has 0 radical (unpaired) electrons. The molecule has 8 N–H and O–H groups in total. The molecule has 12 atom stereocenters. The monoisotopic (exact) mass is 932 g/mol. The van der Waals surface area contributed by atoms with Gasteiger partial charge in [-0.3, -0.25) is 24.0 Å². The van der Waals surface area contributed by atoms with E-state index < -0.39 is 107 Å². The molecule has 65 heavy (non-hydrogen) atoms. The van der Waals surface area contributed by atoms with Gasteiger partial charge in [0.25, 0.3) is 5.91 Å². The Morgan fingerprint density at radius 3 is 1.69 bits per heavy atom. The molecule has 0 bridgehead atoms. The number of carbonyl (C=O) groups excluding carboxylic acids is 5. The Kier molecular flexibility index (Phi) is 12.4. The summed E-state index contributed by atoms with van der Waals surface area (Å²) in [6, 6.07) is 8.92. The van der Waals surface area contributed by atoms with Crippen LogP contribution in [0.15, 0.2) is 69.7 Å². The summed E-state index contributed by atoms with van der Waals surface area (Å²) in [5.41, 5.74) is 0.217. The third-order valence-corrected chi connectivity index (χ3v) is 16.2. The molecule has 12 unspecified atom stereocenters. The molecule has 4 saturated heterocycles. The maximum absolute atomic E-state index is 14.4. The number of aromatic carboxylic acids is 1. The fourth-order valence-corrected chi connectivity index (χ4v) is 13.1. The highest BCUT2D eigenvalue weighted by atomic mass is 32.2. The molecule has 2 aromatic rings. The molecule has 21 heteroatoms. The van der Waals surface area contributed by atoms with E-state index in [0.717, 1.165) is 11.8 Å². The first-order valence-electron chi connectivity index (χ1n) is 21.2. The third-order valence-electron chi connectivity index (χ3n) is 13.2. The number of likely N-dealkylation sites (tertiary alicyclic amines) is 1. The fourth-order valence-electron chi connectivity index (χ4n) is 10.1.